The summed E-state index contributed by atoms with van der Waals surface area (Å²) in [4.78, 5) is 24.9. The number of hydrogen-bond acceptors (Lipinski definition) is 5. The lowest BCUT2D eigenvalue weighted by atomic mass is 10.1. The predicted octanol–water partition coefficient (Wildman–Crippen LogP) is 4.43. The first-order valence-corrected chi connectivity index (χ1v) is 10.6. The second-order valence-corrected chi connectivity index (χ2v) is 7.97. The number of rotatable bonds is 7. The first-order chi connectivity index (χ1) is 15.5. The van der Waals surface area contributed by atoms with Crippen molar-refractivity contribution in [1.82, 2.24) is 20.3 Å². The smallest absolute Gasteiger partial charge is 0.255 e. The van der Waals surface area contributed by atoms with Gasteiger partial charge in [0, 0.05) is 35.6 Å². The van der Waals surface area contributed by atoms with Gasteiger partial charge >= 0.3 is 0 Å². The van der Waals surface area contributed by atoms with E-state index in [0.29, 0.717) is 38.7 Å². The molecule has 0 saturated carbocycles. The highest BCUT2D eigenvalue weighted by Crippen LogP contribution is 2.24. The quantitative estimate of drug-likeness (QED) is 0.315. The fourth-order valence-corrected chi connectivity index (χ4v) is 3.76. The van der Waals surface area contributed by atoms with E-state index in [1.165, 1.54) is 6.20 Å². The topological polar surface area (TPSA) is 107 Å². The van der Waals surface area contributed by atoms with Crippen LogP contribution in [0.15, 0.2) is 60.9 Å². The lowest BCUT2D eigenvalue weighted by molar-refractivity contribution is 0.0941. The van der Waals surface area contributed by atoms with E-state index in [1.54, 1.807) is 31.4 Å². The van der Waals surface area contributed by atoms with Crippen molar-refractivity contribution in [3.05, 3.63) is 88.3 Å². The summed E-state index contributed by atoms with van der Waals surface area (Å²) in [7, 11) is 1.77. The van der Waals surface area contributed by atoms with Gasteiger partial charge in [-0.05, 0) is 37.1 Å². The highest BCUT2D eigenvalue weighted by molar-refractivity contribution is 6.31. The van der Waals surface area contributed by atoms with E-state index < -0.39 is 0 Å². The van der Waals surface area contributed by atoms with Gasteiger partial charge in [0.2, 0.25) is 0 Å². The molecule has 0 bridgehead atoms. The van der Waals surface area contributed by atoms with Gasteiger partial charge in [0.15, 0.2) is 5.65 Å². The number of aromatic nitrogens is 3. The Morgan fingerprint density at radius 3 is 2.72 bits per heavy atom. The fraction of sp³-hybridized carbons (Fsp3) is 0.167. The molecule has 1 atom stereocenters. The highest BCUT2D eigenvalue weighted by Gasteiger charge is 2.19. The number of nitrogens with zero attached hydrogens (tertiary/aromatic N) is 2. The van der Waals surface area contributed by atoms with Gasteiger partial charge in [-0.25, -0.2) is 9.97 Å². The highest BCUT2D eigenvalue weighted by atomic mass is 35.5. The molecule has 1 unspecified atom stereocenters. The van der Waals surface area contributed by atoms with Crippen molar-refractivity contribution >= 4 is 40.1 Å². The van der Waals surface area contributed by atoms with E-state index in [4.69, 9.17) is 17.0 Å². The molecule has 2 heterocycles. The number of fused-ring (bicyclic) bond motifs is 1. The number of aromatic amines is 1. The summed E-state index contributed by atoms with van der Waals surface area (Å²) in [6, 6.07) is 15.2. The fourth-order valence-electron chi connectivity index (χ4n) is 3.58. The molecule has 0 radical (unpaired) electrons. The number of hydrogen-bond donors (Lipinski definition) is 4. The monoisotopic (exact) mass is 446 g/mol. The minimum absolute atomic E-state index is 0.0588. The van der Waals surface area contributed by atoms with Gasteiger partial charge in [0.25, 0.3) is 5.91 Å². The van der Waals surface area contributed by atoms with Crippen molar-refractivity contribution in [2.75, 3.05) is 12.4 Å². The van der Waals surface area contributed by atoms with Crippen LogP contribution >= 0.6 is 11.6 Å². The molecule has 32 heavy (non-hydrogen) atoms. The lowest BCUT2D eigenvalue weighted by Gasteiger charge is -2.13. The van der Waals surface area contributed by atoms with Crippen molar-refractivity contribution in [3.63, 3.8) is 0 Å². The zero-order valence-electron chi connectivity index (χ0n) is 17.7. The molecule has 0 aliphatic carbocycles. The van der Waals surface area contributed by atoms with Crippen LogP contribution in [0.1, 0.15) is 34.1 Å². The van der Waals surface area contributed by atoms with E-state index in [-0.39, 0.29) is 17.7 Å². The molecule has 8 heteroatoms. The average Bonchev–Trinajstić information content (AvgIpc) is 3.22. The Morgan fingerprint density at radius 1 is 1.19 bits per heavy atom. The molecule has 0 aliphatic rings. The number of amides is 1. The lowest BCUT2D eigenvalue weighted by Crippen LogP contribution is -2.34. The average molecular weight is 447 g/mol. The number of benzene rings is 2. The summed E-state index contributed by atoms with van der Waals surface area (Å²) in [6.45, 7) is 1.96. The van der Waals surface area contributed by atoms with Gasteiger partial charge in [-0.3, -0.25) is 10.2 Å². The van der Waals surface area contributed by atoms with Crippen LogP contribution in [-0.2, 0) is 6.42 Å². The standard InChI is InChI=1S/C24H23ClN6O/c1-14(10-15-6-4-3-5-7-15)30-24(32)18-12-28-23-22(18)31-20(13-29-23)21(26)17-9-8-16(25)11-19(17)27-2/h3-9,11-14,26-27H,10H2,1-2H3,(H,28,29)(H,30,32). The maximum Gasteiger partial charge on any atom is 0.255 e. The molecule has 2 aromatic heterocycles. The summed E-state index contributed by atoms with van der Waals surface area (Å²) >= 11 is 6.07. The van der Waals surface area contributed by atoms with E-state index in [0.717, 1.165) is 12.0 Å². The van der Waals surface area contributed by atoms with E-state index in [2.05, 4.69) is 25.6 Å². The van der Waals surface area contributed by atoms with Gasteiger partial charge in [-0.2, -0.15) is 0 Å². The third-order valence-electron chi connectivity index (χ3n) is 5.16. The normalized spacial score (nSPS) is 11.8. The third-order valence-corrected chi connectivity index (χ3v) is 5.40. The first-order valence-electron chi connectivity index (χ1n) is 10.2. The molecular weight excluding hydrogens is 424 g/mol. The second-order valence-electron chi connectivity index (χ2n) is 7.53. The molecule has 0 aliphatic heterocycles. The molecule has 1 amide bonds. The summed E-state index contributed by atoms with van der Waals surface area (Å²) in [5, 5.41) is 15.3. The minimum Gasteiger partial charge on any atom is -0.388 e. The Hall–Kier alpha value is -3.71. The Labute approximate surface area is 190 Å². The van der Waals surface area contributed by atoms with Crippen LogP contribution in [0.2, 0.25) is 5.02 Å². The molecule has 4 rings (SSSR count). The minimum atomic E-state index is -0.236. The van der Waals surface area contributed by atoms with Crippen LogP contribution in [0, 0.1) is 5.41 Å². The molecule has 162 valence electrons. The zero-order chi connectivity index (χ0) is 22.7. The van der Waals surface area contributed by atoms with Crippen LogP contribution in [0.25, 0.3) is 11.2 Å². The molecule has 7 nitrogen and oxygen atoms in total. The summed E-state index contributed by atoms with van der Waals surface area (Å²) < 4.78 is 0. The van der Waals surface area contributed by atoms with Gasteiger partial charge in [0.05, 0.1) is 17.5 Å². The number of H-pyrrole nitrogens is 1. The molecule has 4 aromatic rings. The molecule has 2 aromatic carbocycles. The second kappa shape index (κ2) is 9.20. The molecule has 0 fully saturated rings. The number of anilines is 1. The number of nitrogens with one attached hydrogen (secondary N) is 4. The Kier molecular flexibility index (Phi) is 6.18. The van der Waals surface area contributed by atoms with E-state index in [1.807, 2.05) is 37.3 Å². The number of carbonyl (C=O) groups is 1. The summed E-state index contributed by atoms with van der Waals surface area (Å²) in [5.41, 5.74) is 4.37. The van der Waals surface area contributed by atoms with E-state index >= 15 is 0 Å². The van der Waals surface area contributed by atoms with Gasteiger partial charge in [-0.1, -0.05) is 41.9 Å². The van der Waals surface area contributed by atoms with Gasteiger partial charge in [-0.15, -0.1) is 0 Å². The van der Waals surface area contributed by atoms with Crippen LogP contribution in [0.4, 0.5) is 5.69 Å². The molecule has 0 spiro atoms. The summed E-state index contributed by atoms with van der Waals surface area (Å²) in [5.74, 6) is -0.236. The summed E-state index contributed by atoms with van der Waals surface area (Å²) in [6.07, 6.45) is 3.85. The molecule has 0 saturated heterocycles. The van der Waals surface area contributed by atoms with Crippen molar-refractivity contribution in [3.8, 4) is 0 Å². The number of carbonyl (C=O) groups excluding carboxylic acids is 1. The predicted molar refractivity (Wildman–Crippen MR) is 128 cm³/mol. The van der Waals surface area contributed by atoms with Gasteiger partial charge in [0.1, 0.15) is 11.2 Å². The molecular formula is C24H23ClN6O. The number of halogens is 1. The Morgan fingerprint density at radius 2 is 1.97 bits per heavy atom. The van der Waals surface area contributed by atoms with Crippen LogP contribution in [-0.4, -0.2) is 39.7 Å². The SMILES string of the molecule is CNc1cc(Cl)ccc1C(=N)c1cnc2[nH]cc(C(=O)NC(C)Cc3ccccc3)c2n1. The van der Waals surface area contributed by atoms with Crippen LogP contribution < -0.4 is 10.6 Å². The van der Waals surface area contributed by atoms with Crippen LogP contribution in [0.5, 0.6) is 0 Å². The third kappa shape index (κ3) is 4.48. The molecule has 4 N–H and O–H groups in total. The Bertz CT molecular complexity index is 1280. The maximum absolute atomic E-state index is 12.9. The van der Waals surface area contributed by atoms with Crippen molar-refractivity contribution < 1.29 is 4.79 Å². The first kappa shape index (κ1) is 21.5. The zero-order valence-corrected chi connectivity index (χ0v) is 18.5. The van der Waals surface area contributed by atoms with Crippen molar-refractivity contribution in [2.45, 2.75) is 19.4 Å². The van der Waals surface area contributed by atoms with Crippen LogP contribution in [0.3, 0.4) is 0 Å². The van der Waals surface area contributed by atoms with Gasteiger partial charge < -0.3 is 15.6 Å². The maximum atomic E-state index is 12.9. The largest absolute Gasteiger partial charge is 0.388 e. The van der Waals surface area contributed by atoms with Crippen molar-refractivity contribution in [1.29, 1.82) is 5.41 Å². The Balaban J connectivity index is 1.59. The van der Waals surface area contributed by atoms with E-state index in [9.17, 15) is 4.79 Å². The van der Waals surface area contributed by atoms with Crippen molar-refractivity contribution in [2.24, 2.45) is 0 Å².